The quantitative estimate of drug-likeness (QED) is 0.733. The van der Waals surface area contributed by atoms with E-state index in [0.29, 0.717) is 38.9 Å². The van der Waals surface area contributed by atoms with Gasteiger partial charge >= 0.3 is 0 Å². The standard InChI is InChI=1S/C25H31FN4O2/c1-18-15-27-16-23(28-18)21-4-3-11-30(17-21)24(32)25(9-12-29(13-10-25)19(2)31)14-20-5-7-22(26)8-6-20/h5-8,15-16,21H,3-4,9-14,17H2,1-2H3/t21-/m0/s1. The van der Waals surface area contributed by atoms with Crippen LogP contribution in [0, 0.1) is 18.2 Å². The van der Waals surface area contributed by atoms with Gasteiger partial charge in [-0.1, -0.05) is 12.1 Å². The third-order valence-electron chi connectivity index (χ3n) is 6.98. The molecule has 32 heavy (non-hydrogen) atoms. The van der Waals surface area contributed by atoms with Crippen LogP contribution < -0.4 is 0 Å². The van der Waals surface area contributed by atoms with E-state index in [2.05, 4.69) is 9.97 Å². The first-order chi connectivity index (χ1) is 15.4. The Labute approximate surface area is 188 Å². The smallest absolute Gasteiger partial charge is 0.229 e. The fraction of sp³-hybridized carbons (Fsp3) is 0.520. The Hall–Kier alpha value is -2.83. The van der Waals surface area contributed by atoms with Gasteiger partial charge in [0.05, 0.1) is 16.8 Å². The average Bonchev–Trinajstić information content (AvgIpc) is 2.80. The van der Waals surface area contributed by atoms with E-state index in [-0.39, 0.29) is 23.5 Å². The number of piperidine rings is 2. The van der Waals surface area contributed by atoms with Gasteiger partial charge in [0.2, 0.25) is 11.8 Å². The molecule has 0 spiro atoms. The van der Waals surface area contributed by atoms with Crippen LogP contribution in [0.15, 0.2) is 36.7 Å². The summed E-state index contributed by atoms with van der Waals surface area (Å²) in [4.78, 5) is 38.6. The van der Waals surface area contributed by atoms with E-state index >= 15 is 0 Å². The molecular weight excluding hydrogens is 407 g/mol. The highest BCUT2D eigenvalue weighted by Gasteiger charge is 2.45. The Morgan fingerprint density at radius 3 is 2.47 bits per heavy atom. The number of amides is 2. The molecule has 0 saturated carbocycles. The first-order valence-electron chi connectivity index (χ1n) is 11.4. The summed E-state index contributed by atoms with van der Waals surface area (Å²) < 4.78 is 13.5. The lowest BCUT2D eigenvalue weighted by Crippen LogP contribution is -2.53. The topological polar surface area (TPSA) is 66.4 Å². The fourth-order valence-electron chi connectivity index (χ4n) is 5.13. The molecule has 0 N–H and O–H groups in total. The predicted octanol–water partition coefficient (Wildman–Crippen LogP) is 3.50. The lowest BCUT2D eigenvalue weighted by molar-refractivity contribution is -0.149. The predicted molar refractivity (Wildman–Crippen MR) is 119 cm³/mol. The number of likely N-dealkylation sites (tertiary alicyclic amines) is 2. The van der Waals surface area contributed by atoms with Gasteiger partial charge in [0.15, 0.2) is 0 Å². The Bertz CT molecular complexity index is 970. The zero-order valence-corrected chi connectivity index (χ0v) is 18.9. The van der Waals surface area contributed by atoms with E-state index < -0.39 is 5.41 Å². The van der Waals surface area contributed by atoms with Crippen molar-refractivity contribution in [3.63, 3.8) is 0 Å². The van der Waals surface area contributed by atoms with Crippen molar-refractivity contribution in [1.29, 1.82) is 0 Å². The second-order valence-corrected chi connectivity index (χ2v) is 9.27. The van der Waals surface area contributed by atoms with Gasteiger partial charge in [0.1, 0.15) is 5.82 Å². The molecule has 2 aromatic rings. The molecule has 6 nitrogen and oxygen atoms in total. The molecule has 0 radical (unpaired) electrons. The van der Waals surface area contributed by atoms with Crippen molar-refractivity contribution >= 4 is 11.8 Å². The minimum Gasteiger partial charge on any atom is -0.343 e. The second-order valence-electron chi connectivity index (χ2n) is 9.27. The number of aryl methyl sites for hydroxylation is 1. The van der Waals surface area contributed by atoms with E-state index in [0.717, 1.165) is 36.3 Å². The number of rotatable bonds is 4. The molecule has 2 fully saturated rings. The number of carbonyl (C=O) groups is 2. The van der Waals surface area contributed by atoms with Crippen LogP contribution in [0.2, 0.25) is 0 Å². The molecule has 4 rings (SSSR count). The zero-order valence-electron chi connectivity index (χ0n) is 18.9. The molecular formula is C25H31FN4O2. The molecule has 1 atom stereocenters. The SMILES string of the molecule is CC(=O)N1CCC(Cc2ccc(F)cc2)(C(=O)N2CCC[C@H](c3cncc(C)n3)C2)CC1. The van der Waals surface area contributed by atoms with Crippen LogP contribution in [0.4, 0.5) is 4.39 Å². The molecule has 0 unspecified atom stereocenters. The van der Waals surface area contributed by atoms with E-state index in [4.69, 9.17) is 0 Å². The number of aromatic nitrogens is 2. The largest absolute Gasteiger partial charge is 0.343 e. The highest BCUT2D eigenvalue weighted by atomic mass is 19.1. The van der Waals surface area contributed by atoms with E-state index in [9.17, 15) is 14.0 Å². The molecule has 2 amide bonds. The molecule has 7 heteroatoms. The van der Waals surface area contributed by atoms with Crippen molar-refractivity contribution in [2.24, 2.45) is 5.41 Å². The maximum Gasteiger partial charge on any atom is 0.229 e. The summed E-state index contributed by atoms with van der Waals surface area (Å²) in [7, 11) is 0. The molecule has 2 aliphatic rings. The lowest BCUT2D eigenvalue weighted by Gasteiger charge is -2.45. The van der Waals surface area contributed by atoms with Crippen molar-refractivity contribution in [3.05, 3.63) is 59.4 Å². The molecule has 2 aliphatic heterocycles. The van der Waals surface area contributed by atoms with Gasteiger partial charge in [-0.25, -0.2) is 4.39 Å². The van der Waals surface area contributed by atoms with Gasteiger partial charge in [0, 0.05) is 51.4 Å². The summed E-state index contributed by atoms with van der Waals surface area (Å²) >= 11 is 0. The zero-order chi connectivity index (χ0) is 22.7. The van der Waals surface area contributed by atoms with Crippen LogP contribution in [-0.2, 0) is 16.0 Å². The van der Waals surface area contributed by atoms with Crippen LogP contribution in [0.1, 0.15) is 55.5 Å². The van der Waals surface area contributed by atoms with E-state index in [1.54, 1.807) is 25.3 Å². The summed E-state index contributed by atoms with van der Waals surface area (Å²) in [6.07, 6.45) is 7.27. The Kier molecular flexibility index (Phi) is 6.53. The van der Waals surface area contributed by atoms with Crippen molar-refractivity contribution in [3.8, 4) is 0 Å². The molecule has 170 valence electrons. The normalized spacial score (nSPS) is 20.8. The second kappa shape index (κ2) is 9.35. The third kappa shape index (κ3) is 4.81. The average molecular weight is 439 g/mol. The number of hydrogen-bond donors (Lipinski definition) is 0. The summed E-state index contributed by atoms with van der Waals surface area (Å²) in [5.74, 6) is 0.0955. The summed E-state index contributed by atoms with van der Waals surface area (Å²) in [5.41, 5.74) is 2.20. The van der Waals surface area contributed by atoms with Crippen molar-refractivity contribution in [2.75, 3.05) is 26.2 Å². The minimum absolute atomic E-state index is 0.0453. The summed E-state index contributed by atoms with van der Waals surface area (Å²) in [5, 5.41) is 0. The molecule has 1 aromatic heterocycles. The number of carbonyl (C=O) groups excluding carboxylic acids is 2. The maximum atomic E-state index is 14.0. The van der Waals surface area contributed by atoms with Gasteiger partial charge in [-0.05, 0) is 56.7 Å². The molecule has 1 aromatic carbocycles. The maximum absolute atomic E-state index is 14.0. The van der Waals surface area contributed by atoms with Crippen LogP contribution in [-0.4, -0.2) is 57.8 Å². The first kappa shape index (κ1) is 22.4. The lowest BCUT2D eigenvalue weighted by atomic mass is 9.72. The monoisotopic (exact) mass is 438 g/mol. The van der Waals surface area contributed by atoms with Crippen LogP contribution in [0.25, 0.3) is 0 Å². The number of halogens is 1. The molecule has 0 aliphatic carbocycles. The highest BCUT2D eigenvalue weighted by molar-refractivity contribution is 5.84. The van der Waals surface area contributed by atoms with Gasteiger partial charge < -0.3 is 9.80 Å². The first-order valence-corrected chi connectivity index (χ1v) is 11.4. The molecule has 2 saturated heterocycles. The van der Waals surface area contributed by atoms with Gasteiger partial charge in [-0.3, -0.25) is 19.6 Å². The number of hydrogen-bond acceptors (Lipinski definition) is 4. The highest BCUT2D eigenvalue weighted by Crippen LogP contribution is 2.39. The molecule has 3 heterocycles. The number of benzene rings is 1. The van der Waals surface area contributed by atoms with Crippen molar-refractivity contribution in [1.82, 2.24) is 19.8 Å². The Morgan fingerprint density at radius 2 is 1.81 bits per heavy atom. The van der Waals surface area contributed by atoms with Crippen molar-refractivity contribution < 1.29 is 14.0 Å². The van der Waals surface area contributed by atoms with Crippen LogP contribution in [0.5, 0.6) is 0 Å². The summed E-state index contributed by atoms with van der Waals surface area (Å²) in [6.45, 7) is 6.02. The van der Waals surface area contributed by atoms with Crippen molar-refractivity contribution in [2.45, 2.75) is 51.9 Å². The van der Waals surface area contributed by atoms with Gasteiger partial charge in [-0.2, -0.15) is 0 Å². The van der Waals surface area contributed by atoms with Gasteiger partial charge in [0.25, 0.3) is 0 Å². The van der Waals surface area contributed by atoms with Crippen LogP contribution in [0.3, 0.4) is 0 Å². The van der Waals surface area contributed by atoms with Crippen LogP contribution >= 0.6 is 0 Å². The minimum atomic E-state index is -0.579. The third-order valence-corrected chi connectivity index (χ3v) is 6.98. The summed E-state index contributed by atoms with van der Waals surface area (Å²) in [6, 6.07) is 6.43. The molecule has 0 bridgehead atoms. The van der Waals surface area contributed by atoms with E-state index in [1.807, 2.05) is 22.9 Å². The fourth-order valence-corrected chi connectivity index (χ4v) is 5.13. The number of nitrogens with zero attached hydrogens (tertiary/aromatic N) is 4. The van der Waals surface area contributed by atoms with Gasteiger partial charge in [-0.15, -0.1) is 0 Å². The van der Waals surface area contributed by atoms with E-state index in [1.165, 1.54) is 12.1 Å². The Balaban J connectivity index is 1.56. The Morgan fingerprint density at radius 1 is 1.09 bits per heavy atom.